The summed E-state index contributed by atoms with van der Waals surface area (Å²) in [7, 11) is 2.89. The summed E-state index contributed by atoms with van der Waals surface area (Å²) < 4.78 is 39.0. The van der Waals surface area contributed by atoms with Gasteiger partial charge >= 0.3 is 0 Å². The number of anilines is 2. The van der Waals surface area contributed by atoms with E-state index in [4.69, 9.17) is 9.47 Å². The highest BCUT2D eigenvalue weighted by Crippen LogP contribution is 2.31. The van der Waals surface area contributed by atoms with Gasteiger partial charge in [-0.3, -0.25) is 9.52 Å². The predicted molar refractivity (Wildman–Crippen MR) is 129 cm³/mol. The molecule has 1 amide bonds. The average molecular weight is 470 g/mol. The van der Waals surface area contributed by atoms with Crippen LogP contribution in [0.2, 0.25) is 0 Å². The van der Waals surface area contributed by atoms with E-state index in [0.717, 1.165) is 12.1 Å². The van der Waals surface area contributed by atoms with Crippen molar-refractivity contribution in [2.75, 3.05) is 38.4 Å². The first-order valence-electron chi connectivity index (χ1n) is 10.1. The lowest BCUT2D eigenvalue weighted by atomic mass is 10.1. The van der Waals surface area contributed by atoms with Gasteiger partial charge in [0.2, 0.25) is 0 Å². The summed E-state index contributed by atoms with van der Waals surface area (Å²) >= 11 is 0. The van der Waals surface area contributed by atoms with E-state index in [9.17, 15) is 13.2 Å². The topological polar surface area (TPSA) is 97.0 Å². The summed E-state index contributed by atoms with van der Waals surface area (Å²) in [5.74, 6) is 0.349. The number of nitrogens with one attached hydrogen (secondary N) is 2. The van der Waals surface area contributed by atoms with Crippen molar-refractivity contribution in [3.63, 3.8) is 0 Å². The molecule has 3 rings (SSSR count). The molecule has 0 heterocycles. The molecule has 0 saturated heterocycles. The van der Waals surface area contributed by atoms with E-state index in [1.807, 2.05) is 31.1 Å². The summed E-state index contributed by atoms with van der Waals surface area (Å²) in [5, 5.41) is 2.75. The minimum Gasteiger partial charge on any atom is -0.495 e. The Morgan fingerprint density at radius 2 is 1.52 bits per heavy atom. The van der Waals surface area contributed by atoms with Crippen molar-refractivity contribution in [2.24, 2.45) is 0 Å². The van der Waals surface area contributed by atoms with Crippen LogP contribution in [0.25, 0.3) is 0 Å². The van der Waals surface area contributed by atoms with Gasteiger partial charge in [-0.25, -0.2) is 8.42 Å². The zero-order valence-corrected chi connectivity index (χ0v) is 19.8. The van der Waals surface area contributed by atoms with Crippen LogP contribution < -0.4 is 19.5 Å². The smallest absolute Gasteiger partial charge is 0.262 e. The Kier molecular flexibility index (Phi) is 7.57. The maximum absolute atomic E-state index is 13.0. The number of methoxy groups -OCH3 is 2. The lowest BCUT2D eigenvalue weighted by Crippen LogP contribution is -2.16. The summed E-state index contributed by atoms with van der Waals surface area (Å²) in [6.07, 6.45) is 0. The SMILES string of the molecule is COc1ccc(S(=O)(=O)Nc2ccccc2OC)cc1NC(=O)c1ccc(CN(C)C)cc1. The van der Waals surface area contributed by atoms with Gasteiger partial charge in [-0.2, -0.15) is 0 Å². The van der Waals surface area contributed by atoms with Crippen LogP contribution in [0, 0.1) is 0 Å². The fourth-order valence-corrected chi connectivity index (χ4v) is 4.30. The molecule has 0 unspecified atom stereocenters. The zero-order valence-electron chi connectivity index (χ0n) is 19.0. The quantitative estimate of drug-likeness (QED) is 0.495. The molecule has 0 aliphatic rings. The molecule has 0 atom stereocenters. The molecule has 0 aliphatic heterocycles. The number of sulfonamides is 1. The molecule has 0 saturated carbocycles. The Bertz CT molecular complexity index is 1230. The Balaban J connectivity index is 1.85. The van der Waals surface area contributed by atoms with Crippen molar-refractivity contribution >= 4 is 27.3 Å². The van der Waals surface area contributed by atoms with E-state index in [0.29, 0.717) is 22.7 Å². The van der Waals surface area contributed by atoms with Crippen LogP contribution in [0.3, 0.4) is 0 Å². The Morgan fingerprint density at radius 1 is 0.879 bits per heavy atom. The molecule has 8 nitrogen and oxygen atoms in total. The number of ether oxygens (including phenoxy) is 2. The molecule has 0 aliphatic carbocycles. The molecule has 2 N–H and O–H groups in total. The highest BCUT2D eigenvalue weighted by atomic mass is 32.2. The monoisotopic (exact) mass is 469 g/mol. The van der Waals surface area contributed by atoms with E-state index in [1.54, 1.807) is 36.4 Å². The molecule has 3 aromatic carbocycles. The van der Waals surface area contributed by atoms with Gasteiger partial charge in [-0.1, -0.05) is 24.3 Å². The van der Waals surface area contributed by atoms with Gasteiger partial charge in [0.15, 0.2) is 0 Å². The number of benzene rings is 3. The van der Waals surface area contributed by atoms with E-state index in [-0.39, 0.29) is 16.5 Å². The second-order valence-corrected chi connectivity index (χ2v) is 9.24. The molecule has 0 aromatic heterocycles. The fourth-order valence-electron chi connectivity index (χ4n) is 3.21. The second-order valence-electron chi connectivity index (χ2n) is 7.56. The van der Waals surface area contributed by atoms with Gasteiger partial charge in [-0.15, -0.1) is 0 Å². The second kappa shape index (κ2) is 10.4. The molecular formula is C24H27N3O5S. The summed E-state index contributed by atoms with van der Waals surface area (Å²) in [6.45, 7) is 0.759. The van der Waals surface area contributed by atoms with Crippen LogP contribution >= 0.6 is 0 Å². The van der Waals surface area contributed by atoms with Crippen molar-refractivity contribution in [1.29, 1.82) is 0 Å². The molecule has 174 valence electrons. The minimum atomic E-state index is -3.95. The molecule has 0 bridgehead atoms. The fraction of sp³-hybridized carbons (Fsp3) is 0.208. The molecule has 33 heavy (non-hydrogen) atoms. The number of hydrogen-bond donors (Lipinski definition) is 2. The molecule has 9 heteroatoms. The third-order valence-electron chi connectivity index (χ3n) is 4.80. The van der Waals surface area contributed by atoms with Crippen LogP contribution in [-0.2, 0) is 16.6 Å². The first-order valence-corrected chi connectivity index (χ1v) is 11.6. The van der Waals surface area contributed by atoms with Gasteiger partial charge in [0.05, 0.1) is 30.5 Å². The van der Waals surface area contributed by atoms with Crippen molar-refractivity contribution in [1.82, 2.24) is 4.90 Å². The summed E-state index contributed by atoms with van der Waals surface area (Å²) in [4.78, 5) is 14.8. The molecular weight excluding hydrogens is 442 g/mol. The number of carbonyl (C=O) groups excluding carboxylic acids is 1. The van der Waals surface area contributed by atoms with Crippen LogP contribution in [0.4, 0.5) is 11.4 Å². The van der Waals surface area contributed by atoms with E-state index in [2.05, 4.69) is 10.0 Å². The lowest BCUT2D eigenvalue weighted by molar-refractivity contribution is 0.102. The first-order chi connectivity index (χ1) is 15.7. The van der Waals surface area contributed by atoms with Crippen LogP contribution in [0.5, 0.6) is 11.5 Å². The highest BCUT2D eigenvalue weighted by molar-refractivity contribution is 7.92. The lowest BCUT2D eigenvalue weighted by Gasteiger charge is -2.15. The van der Waals surface area contributed by atoms with Crippen LogP contribution in [0.15, 0.2) is 71.6 Å². The van der Waals surface area contributed by atoms with E-state index >= 15 is 0 Å². The average Bonchev–Trinajstić information content (AvgIpc) is 2.79. The maximum Gasteiger partial charge on any atom is 0.262 e. The van der Waals surface area contributed by atoms with Crippen LogP contribution in [0.1, 0.15) is 15.9 Å². The Morgan fingerprint density at radius 3 is 2.15 bits per heavy atom. The molecule has 0 fully saturated rings. The number of para-hydroxylation sites is 2. The molecule has 3 aromatic rings. The van der Waals surface area contributed by atoms with E-state index in [1.165, 1.54) is 32.4 Å². The number of hydrogen-bond acceptors (Lipinski definition) is 6. The van der Waals surface area contributed by atoms with Gasteiger partial charge in [0.1, 0.15) is 11.5 Å². The third-order valence-corrected chi connectivity index (χ3v) is 6.16. The van der Waals surface area contributed by atoms with Gasteiger partial charge in [0, 0.05) is 12.1 Å². The van der Waals surface area contributed by atoms with Crippen molar-refractivity contribution in [3.8, 4) is 11.5 Å². The number of carbonyl (C=O) groups is 1. The zero-order chi connectivity index (χ0) is 24.0. The number of rotatable bonds is 9. The number of nitrogens with zero attached hydrogens (tertiary/aromatic N) is 1. The highest BCUT2D eigenvalue weighted by Gasteiger charge is 2.19. The van der Waals surface area contributed by atoms with E-state index < -0.39 is 10.0 Å². The normalized spacial score (nSPS) is 11.2. The molecule has 0 spiro atoms. The Labute approximate surface area is 194 Å². The van der Waals surface area contributed by atoms with Gasteiger partial charge in [-0.05, 0) is 62.1 Å². The summed E-state index contributed by atoms with van der Waals surface area (Å²) in [5.41, 5.74) is 2.06. The maximum atomic E-state index is 13.0. The van der Waals surface area contributed by atoms with Crippen LogP contribution in [-0.4, -0.2) is 47.5 Å². The van der Waals surface area contributed by atoms with Crippen molar-refractivity contribution in [3.05, 3.63) is 77.9 Å². The standard InChI is InChI=1S/C24H27N3O5S/c1-27(2)16-17-9-11-18(12-10-17)24(28)25-21-15-19(13-14-23(21)32-4)33(29,30)26-20-7-5-6-8-22(20)31-3/h5-15,26H,16H2,1-4H3,(H,25,28). The molecule has 0 radical (unpaired) electrons. The predicted octanol–water partition coefficient (Wildman–Crippen LogP) is 3.82. The minimum absolute atomic E-state index is 0.0363. The largest absolute Gasteiger partial charge is 0.495 e. The number of amides is 1. The first kappa shape index (κ1) is 24.1. The van der Waals surface area contributed by atoms with Crippen molar-refractivity contribution < 1.29 is 22.7 Å². The van der Waals surface area contributed by atoms with Crippen molar-refractivity contribution in [2.45, 2.75) is 11.4 Å². The van der Waals surface area contributed by atoms with Gasteiger partial charge < -0.3 is 19.7 Å². The summed E-state index contributed by atoms with van der Waals surface area (Å²) in [6, 6.07) is 18.2. The Hall–Kier alpha value is -3.56. The third kappa shape index (κ3) is 6.03. The van der Waals surface area contributed by atoms with Gasteiger partial charge in [0.25, 0.3) is 15.9 Å².